The topological polar surface area (TPSA) is 163 Å². The highest BCUT2D eigenvalue weighted by Gasteiger charge is 2.31. The molecule has 1 unspecified atom stereocenters. The summed E-state index contributed by atoms with van der Waals surface area (Å²) < 4.78 is 5.73. The van der Waals surface area contributed by atoms with Crippen molar-refractivity contribution in [2.45, 2.75) is 51.2 Å². The van der Waals surface area contributed by atoms with Gasteiger partial charge in [-0.1, -0.05) is 56.3 Å². The average molecular weight is 539 g/mol. The van der Waals surface area contributed by atoms with Crippen molar-refractivity contribution in [1.82, 2.24) is 21.3 Å². The van der Waals surface area contributed by atoms with Crippen molar-refractivity contribution in [3.63, 3.8) is 0 Å². The summed E-state index contributed by atoms with van der Waals surface area (Å²) in [7, 11) is 0. The number of hydrogen-bond donors (Lipinski definition) is 5. The van der Waals surface area contributed by atoms with Crippen molar-refractivity contribution < 1.29 is 33.8 Å². The Morgan fingerprint density at radius 2 is 1.64 bits per heavy atom. The summed E-state index contributed by atoms with van der Waals surface area (Å²) in [5, 5.41) is 20.1. The van der Waals surface area contributed by atoms with Gasteiger partial charge in [-0.2, -0.15) is 0 Å². The maximum Gasteiger partial charge on any atom is 0.326 e. The molecule has 208 valence electrons. The molecule has 11 heteroatoms. The maximum atomic E-state index is 13.2. The molecule has 4 amide bonds. The zero-order valence-corrected chi connectivity index (χ0v) is 21.9. The number of carbonyl (C=O) groups is 5. The molecule has 2 aromatic carbocycles. The third-order valence-electron chi connectivity index (χ3n) is 6.18. The van der Waals surface area contributed by atoms with Gasteiger partial charge in [0, 0.05) is 13.0 Å². The number of hydrogen-bond acceptors (Lipinski definition) is 6. The highest BCUT2D eigenvalue weighted by molar-refractivity contribution is 6.00. The molecule has 0 aromatic heterocycles. The van der Waals surface area contributed by atoms with E-state index in [1.165, 1.54) is 6.07 Å². The Kier molecular flexibility index (Phi) is 10.4. The first-order valence-electron chi connectivity index (χ1n) is 12.8. The summed E-state index contributed by atoms with van der Waals surface area (Å²) in [5.41, 5.74) is 0.946. The number of para-hydroxylation sites is 1. The quantitative estimate of drug-likeness (QED) is 0.388. The van der Waals surface area contributed by atoms with Gasteiger partial charge in [0.1, 0.15) is 23.9 Å². The van der Waals surface area contributed by atoms with Gasteiger partial charge in [0.05, 0.1) is 18.6 Å². The molecule has 1 heterocycles. The van der Waals surface area contributed by atoms with Crippen molar-refractivity contribution in [2.24, 2.45) is 5.92 Å². The van der Waals surface area contributed by atoms with Crippen molar-refractivity contribution >= 4 is 29.6 Å². The number of amides is 4. The predicted octanol–water partition coefficient (Wildman–Crippen LogP) is 1.03. The lowest BCUT2D eigenvalue weighted by atomic mass is 10.0. The largest absolute Gasteiger partial charge is 0.493 e. The monoisotopic (exact) mass is 538 g/mol. The Hall–Kier alpha value is -4.41. The normalized spacial score (nSPS) is 21.7. The number of carbonyl (C=O) groups excluding carboxylic acids is 4. The van der Waals surface area contributed by atoms with Crippen LogP contribution in [0.25, 0.3) is 0 Å². The lowest BCUT2D eigenvalue weighted by molar-refractivity contribution is -0.141. The second-order valence-electron chi connectivity index (χ2n) is 9.60. The molecule has 0 aliphatic carbocycles. The van der Waals surface area contributed by atoms with E-state index in [1.807, 2.05) is 30.3 Å². The molecule has 2 aromatic rings. The third kappa shape index (κ3) is 8.56. The van der Waals surface area contributed by atoms with E-state index in [0.717, 1.165) is 5.56 Å². The van der Waals surface area contributed by atoms with E-state index >= 15 is 0 Å². The Labute approximate surface area is 226 Å². The smallest absolute Gasteiger partial charge is 0.326 e. The van der Waals surface area contributed by atoms with E-state index in [1.54, 1.807) is 32.0 Å². The van der Waals surface area contributed by atoms with Crippen LogP contribution in [0.15, 0.2) is 54.6 Å². The predicted molar refractivity (Wildman–Crippen MR) is 142 cm³/mol. The molecule has 0 spiro atoms. The van der Waals surface area contributed by atoms with E-state index in [4.69, 9.17) is 4.74 Å². The zero-order chi connectivity index (χ0) is 28.4. The molecule has 1 aliphatic heterocycles. The van der Waals surface area contributed by atoms with Crippen LogP contribution >= 0.6 is 0 Å². The molecule has 0 bridgehead atoms. The first kappa shape index (κ1) is 29.2. The van der Waals surface area contributed by atoms with Crippen LogP contribution in [-0.4, -0.2) is 66.0 Å². The minimum Gasteiger partial charge on any atom is -0.493 e. The molecule has 0 saturated heterocycles. The van der Waals surface area contributed by atoms with Gasteiger partial charge in [0.25, 0.3) is 5.91 Å². The summed E-state index contributed by atoms with van der Waals surface area (Å²) in [6.45, 7) is 3.85. The average Bonchev–Trinajstić information content (AvgIpc) is 2.90. The number of nitrogens with one attached hydrogen (secondary N) is 4. The minimum atomic E-state index is -1.54. The number of carboxylic acids is 1. The number of ether oxygens (including phenoxy) is 1. The Bertz CT molecular complexity index is 1190. The van der Waals surface area contributed by atoms with Gasteiger partial charge in [-0.15, -0.1) is 0 Å². The van der Waals surface area contributed by atoms with Gasteiger partial charge < -0.3 is 31.1 Å². The number of aliphatic carboxylic acids is 1. The Morgan fingerprint density at radius 3 is 2.33 bits per heavy atom. The van der Waals surface area contributed by atoms with Crippen molar-refractivity contribution in [2.75, 3.05) is 13.2 Å². The summed E-state index contributed by atoms with van der Waals surface area (Å²) in [6, 6.07) is 12.0. The molecule has 3 atom stereocenters. The second kappa shape index (κ2) is 13.9. The summed E-state index contributed by atoms with van der Waals surface area (Å²) in [6.07, 6.45) is 0.0405. The van der Waals surface area contributed by atoms with Crippen LogP contribution < -0.4 is 26.0 Å². The summed E-state index contributed by atoms with van der Waals surface area (Å²) in [5.74, 6) is -3.98. The van der Waals surface area contributed by atoms with Crippen LogP contribution in [0, 0.1) is 5.92 Å². The minimum absolute atomic E-state index is 0.108. The molecular weight excluding hydrogens is 504 g/mol. The standard InChI is InChI=1S/C28H34N4O7/c1-17(2)24-27(36)30-20(15-18-9-4-3-5-10-18)26(35)29-13-8-14-39-22-12-7-6-11-19(22)25(34)31-21(28(37)38)16-23(33)32-24/h3-7,9-12,17,20-21,24H,8,13-16H2,1-2H3,(H,29,35)(H,30,36)(H,31,34)(H,32,33)(H,37,38)/t20?,21-,24-/m0/s1. The van der Waals surface area contributed by atoms with Gasteiger partial charge in [-0.05, 0) is 30.0 Å². The van der Waals surface area contributed by atoms with Crippen LogP contribution in [0.1, 0.15) is 42.6 Å². The fourth-order valence-electron chi connectivity index (χ4n) is 4.08. The van der Waals surface area contributed by atoms with E-state index in [2.05, 4.69) is 21.3 Å². The fourth-order valence-corrected chi connectivity index (χ4v) is 4.08. The maximum absolute atomic E-state index is 13.2. The van der Waals surface area contributed by atoms with Gasteiger partial charge in [0.15, 0.2) is 0 Å². The molecular formula is C28H34N4O7. The number of benzene rings is 2. The van der Waals surface area contributed by atoms with Gasteiger partial charge in [-0.3, -0.25) is 19.2 Å². The van der Waals surface area contributed by atoms with Crippen molar-refractivity contribution in [1.29, 1.82) is 0 Å². The number of rotatable bonds is 4. The molecule has 39 heavy (non-hydrogen) atoms. The molecule has 0 radical (unpaired) electrons. The van der Waals surface area contributed by atoms with Crippen molar-refractivity contribution in [3.05, 3.63) is 65.7 Å². The highest BCUT2D eigenvalue weighted by atomic mass is 16.5. The Morgan fingerprint density at radius 1 is 0.949 bits per heavy atom. The van der Waals surface area contributed by atoms with E-state index in [9.17, 15) is 29.1 Å². The van der Waals surface area contributed by atoms with Crippen molar-refractivity contribution in [3.8, 4) is 5.75 Å². The van der Waals surface area contributed by atoms with Crippen LogP contribution in [0.4, 0.5) is 0 Å². The zero-order valence-electron chi connectivity index (χ0n) is 21.9. The van der Waals surface area contributed by atoms with Gasteiger partial charge in [-0.25, -0.2) is 4.79 Å². The Balaban J connectivity index is 1.88. The van der Waals surface area contributed by atoms with E-state index < -0.39 is 54.1 Å². The molecule has 3 rings (SSSR count). The molecule has 11 nitrogen and oxygen atoms in total. The first-order valence-corrected chi connectivity index (χ1v) is 12.8. The fraction of sp³-hybridized carbons (Fsp3) is 0.393. The summed E-state index contributed by atoms with van der Waals surface area (Å²) >= 11 is 0. The molecule has 0 saturated carbocycles. The molecule has 5 N–H and O–H groups in total. The van der Waals surface area contributed by atoms with Crippen LogP contribution in [0.3, 0.4) is 0 Å². The lowest BCUT2D eigenvalue weighted by Gasteiger charge is -2.26. The lowest BCUT2D eigenvalue weighted by Crippen LogP contribution is -2.56. The number of carboxylic acid groups (broad SMARTS) is 1. The SMILES string of the molecule is CC(C)[C@@H]1NC(=O)C[C@@H](C(=O)O)NC(=O)c2ccccc2OCCCNC(=O)C(Cc2ccccc2)NC1=O. The summed E-state index contributed by atoms with van der Waals surface area (Å²) in [4.78, 5) is 63.9. The van der Waals surface area contributed by atoms with Gasteiger partial charge >= 0.3 is 5.97 Å². The molecule has 0 fully saturated rings. The highest BCUT2D eigenvalue weighted by Crippen LogP contribution is 2.18. The van der Waals surface area contributed by atoms with E-state index in [-0.39, 0.29) is 36.8 Å². The van der Waals surface area contributed by atoms with Crippen LogP contribution in [-0.2, 0) is 25.6 Å². The number of fused-ring (bicyclic) bond motifs is 1. The first-order chi connectivity index (χ1) is 18.7. The second-order valence-corrected chi connectivity index (χ2v) is 9.60. The van der Waals surface area contributed by atoms with E-state index in [0.29, 0.717) is 6.42 Å². The molecule has 1 aliphatic rings. The third-order valence-corrected chi connectivity index (χ3v) is 6.18. The van der Waals surface area contributed by atoms with Gasteiger partial charge in [0.2, 0.25) is 17.7 Å². The van der Waals surface area contributed by atoms with Crippen LogP contribution in [0.5, 0.6) is 5.75 Å². The van der Waals surface area contributed by atoms with Crippen LogP contribution in [0.2, 0.25) is 0 Å².